The van der Waals surface area contributed by atoms with Crippen LogP contribution in [0.2, 0.25) is 5.02 Å². The molecule has 5 N–H and O–H groups in total. The fraction of sp³-hybridized carbons (Fsp3) is 0.571. The minimum Gasteiger partial charge on any atom is -0.378 e. The maximum absolute atomic E-state index is 13.1. The van der Waals surface area contributed by atoms with Gasteiger partial charge in [-0.25, -0.2) is 0 Å². The predicted octanol–water partition coefficient (Wildman–Crippen LogP) is 2.31. The third-order valence-corrected chi connectivity index (χ3v) is 6.72. The van der Waals surface area contributed by atoms with Crippen molar-refractivity contribution in [3.05, 3.63) is 28.8 Å². The van der Waals surface area contributed by atoms with E-state index in [1.165, 1.54) is 0 Å². The third-order valence-electron chi connectivity index (χ3n) is 6.31. The number of anilines is 1. The Morgan fingerprint density at radius 2 is 2.17 bits per heavy atom. The number of carbonyl (C=O) groups is 2. The summed E-state index contributed by atoms with van der Waals surface area (Å²) in [5, 5.41) is 14.9. The minimum absolute atomic E-state index is 0.0498. The Hall–Kier alpha value is -2.16. The highest BCUT2D eigenvalue weighted by atomic mass is 35.5. The Balaban J connectivity index is 1.56. The number of halogens is 1. The van der Waals surface area contributed by atoms with Gasteiger partial charge in [0.2, 0.25) is 11.8 Å². The van der Waals surface area contributed by atoms with Crippen LogP contribution in [-0.4, -0.2) is 47.0 Å². The second-order valence-corrected chi connectivity index (χ2v) is 9.26. The second-order valence-electron chi connectivity index (χ2n) is 8.88. The molecule has 0 radical (unpaired) electrons. The van der Waals surface area contributed by atoms with E-state index in [-0.39, 0.29) is 36.3 Å². The molecule has 2 saturated heterocycles. The Morgan fingerprint density at radius 3 is 2.80 bits per heavy atom. The molecule has 4 rings (SSSR count). The van der Waals surface area contributed by atoms with E-state index in [4.69, 9.17) is 27.5 Å². The molecule has 0 bridgehead atoms. The molecule has 1 saturated carbocycles. The minimum atomic E-state index is -0.862. The molecule has 2 heterocycles. The molecule has 30 heavy (non-hydrogen) atoms. The number of rotatable bonds is 4. The van der Waals surface area contributed by atoms with Crippen molar-refractivity contribution >= 4 is 35.1 Å². The van der Waals surface area contributed by atoms with E-state index in [2.05, 4.69) is 10.6 Å². The maximum Gasteiger partial charge on any atom is 0.244 e. The van der Waals surface area contributed by atoms with Crippen LogP contribution in [0.3, 0.4) is 0 Å². The van der Waals surface area contributed by atoms with Crippen LogP contribution in [0.1, 0.15) is 51.5 Å². The lowest BCUT2D eigenvalue weighted by Gasteiger charge is -2.45. The van der Waals surface area contributed by atoms with Gasteiger partial charge >= 0.3 is 0 Å². The molecule has 0 unspecified atom stereocenters. The summed E-state index contributed by atoms with van der Waals surface area (Å²) < 4.78 is 5.58. The lowest BCUT2D eigenvalue weighted by Crippen LogP contribution is -2.63. The summed E-state index contributed by atoms with van der Waals surface area (Å²) in [7, 11) is 0. The largest absolute Gasteiger partial charge is 0.378 e. The van der Waals surface area contributed by atoms with Crippen molar-refractivity contribution < 1.29 is 14.3 Å². The molecule has 1 aromatic rings. The first-order valence-corrected chi connectivity index (χ1v) is 10.7. The van der Waals surface area contributed by atoms with Crippen molar-refractivity contribution in [3.63, 3.8) is 0 Å². The summed E-state index contributed by atoms with van der Waals surface area (Å²) in [4.78, 5) is 27.0. The highest BCUT2D eigenvalue weighted by Gasteiger charge is 2.47. The summed E-state index contributed by atoms with van der Waals surface area (Å²) in [6.07, 6.45) is 2.93. The zero-order valence-electron chi connectivity index (χ0n) is 17.3. The van der Waals surface area contributed by atoms with Gasteiger partial charge in [-0.15, -0.1) is 0 Å². The molecule has 162 valence electrons. The molecular weight excluding hydrogens is 406 g/mol. The molecule has 1 aliphatic carbocycles. The average molecular weight is 434 g/mol. The van der Waals surface area contributed by atoms with E-state index in [0.29, 0.717) is 48.6 Å². The van der Waals surface area contributed by atoms with Gasteiger partial charge in [0.1, 0.15) is 0 Å². The summed E-state index contributed by atoms with van der Waals surface area (Å²) in [5.41, 5.74) is 5.41. The standard InChI is InChI=1S/C21H28ClN5O3/c1-12-10-13(6-9-30-12)27-16(28)11-20(2,26-19(27)23)14-4-3-5-15(17(14)22)25-18(29)21(24)7-8-21/h3-5,12-13H,6-11,24H2,1-2H3,(H2,23,26)(H,25,29)/t12-,13-,20+/m1/s1. The number of nitrogens with two attached hydrogens (primary N) is 1. The predicted molar refractivity (Wildman–Crippen MR) is 114 cm³/mol. The number of nitrogens with zero attached hydrogens (tertiary/aromatic N) is 1. The zero-order chi connectivity index (χ0) is 21.7. The second kappa shape index (κ2) is 7.51. The van der Waals surface area contributed by atoms with E-state index in [1.807, 2.05) is 19.9 Å². The van der Waals surface area contributed by atoms with E-state index in [1.54, 1.807) is 17.0 Å². The normalized spacial score (nSPS) is 30.6. The highest BCUT2D eigenvalue weighted by molar-refractivity contribution is 6.34. The van der Waals surface area contributed by atoms with Crippen molar-refractivity contribution in [2.75, 3.05) is 11.9 Å². The molecule has 9 heteroatoms. The Bertz CT molecular complexity index is 883. The number of hydrogen-bond donors (Lipinski definition) is 4. The summed E-state index contributed by atoms with van der Waals surface area (Å²) in [5.74, 6) is -0.311. The SMILES string of the molecule is C[C@@H]1C[C@H](N2C(=N)N[C@](C)(c3cccc(NC(=O)C4(N)CC4)c3Cl)CC2=O)CCO1. The molecule has 8 nitrogen and oxygen atoms in total. The number of benzene rings is 1. The first kappa shape index (κ1) is 21.1. The number of nitrogens with one attached hydrogen (secondary N) is 3. The fourth-order valence-corrected chi connectivity index (χ4v) is 4.68. The smallest absolute Gasteiger partial charge is 0.244 e. The van der Waals surface area contributed by atoms with Crippen LogP contribution in [0, 0.1) is 5.41 Å². The van der Waals surface area contributed by atoms with Crippen molar-refractivity contribution in [2.24, 2.45) is 5.73 Å². The number of ether oxygens (including phenoxy) is 1. The van der Waals surface area contributed by atoms with E-state index < -0.39 is 11.1 Å². The molecule has 3 fully saturated rings. The van der Waals surface area contributed by atoms with Crippen molar-refractivity contribution in [1.29, 1.82) is 5.41 Å². The van der Waals surface area contributed by atoms with Crippen molar-refractivity contribution in [2.45, 2.75) is 69.2 Å². The lowest BCUT2D eigenvalue weighted by molar-refractivity contribution is -0.134. The summed E-state index contributed by atoms with van der Waals surface area (Å²) in [6, 6.07) is 5.25. The van der Waals surface area contributed by atoms with Gasteiger partial charge in [0.05, 0.1) is 34.3 Å². The summed E-state index contributed by atoms with van der Waals surface area (Å²) >= 11 is 6.64. The van der Waals surface area contributed by atoms with Crippen LogP contribution in [0.25, 0.3) is 0 Å². The quantitative estimate of drug-likeness (QED) is 0.580. The van der Waals surface area contributed by atoms with E-state index >= 15 is 0 Å². The fourth-order valence-electron chi connectivity index (χ4n) is 4.30. The number of amides is 2. The van der Waals surface area contributed by atoms with Gasteiger partial charge in [0, 0.05) is 12.6 Å². The van der Waals surface area contributed by atoms with E-state index in [9.17, 15) is 9.59 Å². The highest BCUT2D eigenvalue weighted by Crippen LogP contribution is 2.40. The monoisotopic (exact) mass is 433 g/mol. The van der Waals surface area contributed by atoms with Crippen LogP contribution >= 0.6 is 11.6 Å². The Labute approximate surface area is 181 Å². The average Bonchev–Trinajstić information content (AvgIpc) is 3.41. The number of carbonyl (C=O) groups excluding carboxylic acids is 2. The first-order valence-electron chi connectivity index (χ1n) is 10.3. The Morgan fingerprint density at radius 1 is 1.43 bits per heavy atom. The van der Waals surface area contributed by atoms with Gasteiger partial charge in [-0.2, -0.15) is 0 Å². The topological polar surface area (TPSA) is 121 Å². The van der Waals surface area contributed by atoms with Gasteiger partial charge in [-0.1, -0.05) is 23.7 Å². The van der Waals surface area contributed by atoms with Crippen LogP contribution in [0.15, 0.2) is 18.2 Å². The molecule has 0 aromatic heterocycles. The van der Waals surface area contributed by atoms with Gasteiger partial charge in [0.15, 0.2) is 5.96 Å². The molecule has 3 aliphatic rings. The molecule has 2 aliphatic heterocycles. The third kappa shape index (κ3) is 3.79. The van der Waals surface area contributed by atoms with Crippen molar-refractivity contribution in [1.82, 2.24) is 10.2 Å². The zero-order valence-corrected chi connectivity index (χ0v) is 18.0. The molecule has 2 amide bonds. The van der Waals surface area contributed by atoms with Crippen LogP contribution < -0.4 is 16.4 Å². The molecular formula is C21H28ClN5O3. The van der Waals surface area contributed by atoms with Gasteiger partial charge in [-0.05, 0) is 51.2 Å². The molecule has 0 spiro atoms. The number of hydrogen-bond acceptors (Lipinski definition) is 5. The van der Waals surface area contributed by atoms with Crippen LogP contribution in [-0.2, 0) is 19.9 Å². The van der Waals surface area contributed by atoms with Gasteiger partial charge in [0.25, 0.3) is 0 Å². The van der Waals surface area contributed by atoms with Crippen molar-refractivity contribution in [3.8, 4) is 0 Å². The van der Waals surface area contributed by atoms with E-state index in [0.717, 1.165) is 0 Å². The molecule has 1 aromatic carbocycles. The maximum atomic E-state index is 13.1. The molecule has 3 atom stereocenters. The van der Waals surface area contributed by atoms with Gasteiger partial charge < -0.3 is 21.1 Å². The Kier molecular flexibility index (Phi) is 5.28. The summed E-state index contributed by atoms with van der Waals surface area (Å²) in [6.45, 7) is 4.41. The van der Waals surface area contributed by atoms with Gasteiger partial charge in [-0.3, -0.25) is 19.9 Å². The number of guanidine groups is 1. The van der Waals surface area contributed by atoms with Crippen LogP contribution in [0.4, 0.5) is 5.69 Å². The first-order chi connectivity index (χ1) is 14.1. The van der Waals surface area contributed by atoms with Crippen LogP contribution in [0.5, 0.6) is 0 Å². The lowest BCUT2D eigenvalue weighted by atomic mass is 9.85.